The molecule has 8 nitrogen and oxygen atoms in total. The molecule has 0 saturated carbocycles. The molecule has 2 aromatic heterocycles. The van der Waals surface area contributed by atoms with E-state index in [1.165, 1.54) is 11.3 Å². The largest absolute Gasteiger partial charge is 0.355 e. The smallest absolute Gasteiger partial charge is 0.191 e. The molecule has 1 unspecified atom stereocenters. The van der Waals surface area contributed by atoms with Gasteiger partial charge in [-0.25, -0.2) is 0 Å². The van der Waals surface area contributed by atoms with Gasteiger partial charge in [0, 0.05) is 45.3 Å². The normalized spacial score (nSPS) is 13.1. The number of hydrogen-bond donors (Lipinski definition) is 2. The quantitative estimate of drug-likeness (QED) is 0.577. The van der Waals surface area contributed by atoms with Crippen molar-refractivity contribution in [1.82, 2.24) is 35.2 Å². The van der Waals surface area contributed by atoms with Crippen LogP contribution in [0.25, 0.3) is 0 Å². The third-order valence-electron chi connectivity index (χ3n) is 4.43. The molecular weight excluding hydrogens is 316 g/mol. The first kappa shape index (κ1) is 19.0. The lowest BCUT2D eigenvalue weighted by Crippen LogP contribution is -2.44. The minimum atomic E-state index is 0.258. The van der Waals surface area contributed by atoms with Gasteiger partial charge in [-0.2, -0.15) is 5.10 Å². The molecule has 2 aromatic rings. The van der Waals surface area contributed by atoms with E-state index in [0.717, 1.165) is 43.4 Å². The summed E-state index contributed by atoms with van der Waals surface area (Å²) in [4.78, 5) is 4.31. The van der Waals surface area contributed by atoms with E-state index >= 15 is 0 Å². The van der Waals surface area contributed by atoms with Crippen LogP contribution in [0.3, 0.4) is 0 Å². The molecule has 0 saturated heterocycles. The van der Waals surface area contributed by atoms with Gasteiger partial charge in [-0.15, -0.1) is 10.2 Å². The summed E-state index contributed by atoms with van der Waals surface area (Å²) < 4.78 is 4.00. The second kappa shape index (κ2) is 8.64. The fraction of sp³-hybridized carbons (Fsp3) is 0.647. The van der Waals surface area contributed by atoms with E-state index in [-0.39, 0.29) is 6.04 Å². The molecular formula is C17H30N8. The number of aryl methyl sites for hydroxylation is 3. The molecule has 0 aliphatic carbocycles. The van der Waals surface area contributed by atoms with E-state index in [4.69, 9.17) is 0 Å². The van der Waals surface area contributed by atoms with E-state index < -0.39 is 0 Å². The zero-order valence-electron chi connectivity index (χ0n) is 16.2. The van der Waals surface area contributed by atoms with Crippen molar-refractivity contribution in [3.05, 3.63) is 29.1 Å². The van der Waals surface area contributed by atoms with Crippen LogP contribution in [0.15, 0.2) is 11.3 Å². The Morgan fingerprint density at radius 3 is 2.72 bits per heavy atom. The van der Waals surface area contributed by atoms with Gasteiger partial charge in [0.05, 0.1) is 5.69 Å². The molecule has 2 N–H and O–H groups in total. The maximum Gasteiger partial charge on any atom is 0.191 e. The summed E-state index contributed by atoms with van der Waals surface area (Å²) in [6, 6.07) is 0.258. The first-order valence-electron chi connectivity index (χ1n) is 8.79. The van der Waals surface area contributed by atoms with Crippen molar-refractivity contribution >= 4 is 5.96 Å². The van der Waals surface area contributed by atoms with Crippen LogP contribution in [0.4, 0.5) is 0 Å². The Bertz CT molecular complexity index is 712. The fourth-order valence-electron chi connectivity index (χ4n) is 2.93. The molecule has 25 heavy (non-hydrogen) atoms. The van der Waals surface area contributed by atoms with Crippen molar-refractivity contribution in [2.75, 3.05) is 13.6 Å². The minimum Gasteiger partial charge on any atom is -0.355 e. The molecule has 1 atom stereocenters. The molecule has 0 aliphatic rings. The molecule has 138 valence electrons. The first-order chi connectivity index (χ1) is 12.0. The van der Waals surface area contributed by atoms with Crippen LogP contribution in [0.1, 0.15) is 36.6 Å². The molecule has 0 fully saturated rings. The van der Waals surface area contributed by atoms with Crippen molar-refractivity contribution in [3.8, 4) is 0 Å². The average molecular weight is 346 g/mol. The number of hydrogen-bond acceptors (Lipinski definition) is 4. The summed E-state index contributed by atoms with van der Waals surface area (Å²) in [5.41, 5.74) is 3.61. The van der Waals surface area contributed by atoms with Gasteiger partial charge >= 0.3 is 0 Å². The van der Waals surface area contributed by atoms with Crippen LogP contribution in [-0.2, 0) is 26.4 Å². The number of nitrogens with one attached hydrogen (secondary N) is 2. The van der Waals surface area contributed by atoms with Gasteiger partial charge in [-0.1, -0.05) is 6.92 Å². The highest BCUT2D eigenvalue weighted by atomic mass is 15.3. The lowest BCUT2D eigenvalue weighted by Gasteiger charge is -2.18. The van der Waals surface area contributed by atoms with Gasteiger partial charge in [0.2, 0.25) is 0 Å². The summed E-state index contributed by atoms with van der Waals surface area (Å²) in [6.45, 7) is 9.99. The van der Waals surface area contributed by atoms with Gasteiger partial charge in [0.25, 0.3) is 0 Å². The molecule has 0 aromatic carbocycles. The van der Waals surface area contributed by atoms with Crippen molar-refractivity contribution in [3.63, 3.8) is 0 Å². The summed E-state index contributed by atoms with van der Waals surface area (Å²) in [5.74, 6) is 1.80. The number of guanidine groups is 1. The Kier molecular flexibility index (Phi) is 6.55. The lowest BCUT2D eigenvalue weighted by molar-refractivity contribution is 0.607. The van der Waals surface area contributed by atoms with Gasteiger partial charge in [-0.3, -0.25) is 9.67 Å². The maximum absolute atomic E-state index is 4.49. The van der Waals surface area contributed by atoms with Crippen LogP contribution >= 0.6 is 0 Å². The molecule has 0 amide bonds. The van der Waals surface area contributed by atoms with Crippen LogP contribution < -0.4 is 10.6 Å². The Labute approximate surface area is 149 Å². The summed E-state index contributed by atoms with van der Waals surface area (Å²) in [6.07, 6.45) is 3.57. The molecule has 0 aliphatic heterocycles. The van der Waals surface area contributed by atoms with E-state index in [9.17, 15) is 0 Å². The van der Waals surface area contributed by atoms with E-state index in [1.807, 2.05) is 11.7 Å². The highest BCUT2D eigenvalue weighted by Crippen LogP contribution is 2.14. The Hall–Kier alpha value is -2.38. The van der Waals surface area contributed by atoms with Gasteiger partial charge < -0.3 is 15.2 Å². The predicted molar refractivity (Wildman–Crippen MR) is 99.7 cm³/mol. The predicted octanol–water partition coefficient (Wildman–Crippen LogP) is 0.987. The van der Waals surface area contributed by atoms with E-state index in [1.54, 1.807) is 13.4 Å². The highest BCUT2D eigenvalue weighted by Gasteiger charge is 2.14. The summed E-state index contributed by atoms with van der Waals surface area (Å²) in [7, 11) is 3.78. The van der Waals surface area contributed by atoms with Crippen molar-refractivity contribution in [1.29, 1.82) is 0 Å². The third kappa shape index (κ3) is 4.80. The molecule has 2 heterocycles. The Balaban J connectivity index is 1.85. The second-order valence-electron chi connectivity index (χ2n) is 6.32. The van der Waals surface area contributed by atoms with Crippen LogP contribution in [0.2, 0.25) is 0 Å². The standard InChI is InChI=1S/C17H30N8/c1-7-16-22-20-11-25(16)9-8-19-17(18-5)21-12(2)10-15-13(3)23-24(6)14(15)4/h11-12H,7-10H2,1-6H3,(H2,18,19,21). The summed E-state index contributed by atoms with van der Waals surface area (Å²) in [5, 5.41) is 19.3. The zero-order chi connectivity index (χ0) is 18.4. The first-order valence-corrected chi connectivity index (χ1v) is 8.79. The number of nitrogens with zero attached hydrogens (tertiary/aromatic N) is 6. The van der Waals surface area contributed by atoms with Crippen LogP contribution in [-0.4, -0.2) is 50.1 Å². The number of aliphatic imine (C=N–C) groups is 1. The van der Waals surface area contributed by atoms with Crippen molar-refractivity contribution in [2.24, 2.45) is 12.0 Å². The lowest BCUT2D eigenvalue weighted by atomic mass is 10.1. The van der Waals surface area contributed by atoms with E-state index in [2.05, 4.69) is 63.2 Å². The molecule has 0 bridgehead atoms. The topological polar surface area (TPSA) is 84.9 Å². The third-order valence-corrected chi connectivity index (χ3v) is 4.43. The van der Waals surface area contributed by atoms with Gasteiger partial charge in [0.1, 0.15) is 12.2 Å². The second-order valence-corrected chi connectivity index (χ2v) is 6.32. The molecule has 0 spiro atoms. The zero-order valence-corrected chi connectivity index (χ0v) is 16.2. The van der Waals surface area contributed by atoms with Crippen LogP contribution in [0, 0.1) is 13.8 Å². The Morgan fingerprint density at radius 2 is 2.12 bits per heavy atom. The fourth-order valence-corrected chi connectivity index (χ4v) is 2.93. The van der Waals surface area contributed by atoms with Gasteiger partial charge in [-0.05, 0) is 32.8 Å². The van der Waals surface area contributed by atoms with Crippen LogP contribution in [0.5, 0.6) is 0 Å². The Morgan fingerprint density at radius 1 is 1.36 bits per heavy atom. The maximum atomic E-state index is 4.49. The molecule has 8 heteroatoms. The average Bonchev–Trinajstić information content (AvgIpc) is 3.13. The van der Waals surface area contributed by atoms with E-state index in [0.29, 0.717) is 0 Å². The highest BCUT2D eigenvalue weighted by molar-refractivity contribution is 5.79. The number of aromatic nitrogens is 5. The minimum absolute atomic E-state index is 0.258. The number of rotatable bonds is 7. The van der Waals surface area contributed by atoms with Crippen molar-refractivity contribution < 1.29 is 0 Å². The SMILES string of the molecule is CCc1nncn1CCNC(=NC)NC(C)Cc1c(C)nn(C)c1C. The monoisotopic (exact) mass is 346 g/mol. The molecule has 0 radical (unpaired) electrons. The van der Waals surface area contributed by atoms with Crippen molar-refractivity contribution in [2.45, 2.75) is 53.1 Å². The molecule has 2 rings (SSSR count). The van der Waals surface area contributed by atoms with Gasteiger partial charge in [0.15, 0.2) is 5.96 Å². The summed E-state index contributed by atoms with van der Waals surface area (Å²) >= 11 is 0.